The van der Waals surface area contributed by atoms with Crippen LogP contribution in [0, 0.1) is 15.9 Å². The molecule has 2 rings (SSSR count). The molecule has 1 fully saturated rings. The second-order valence-corrected chi connectivity index (χ2v) is 6.44. The first-order valence-corrected chi connectivity index (χ1v) is 7.76. The fourth-order valence-corrected chi connectivity index (χ4v) is 3.44. The number of nitrogen functional groups attached to an aromatic ring is 1. The third-order valence-corrected chi connectivity index (χ3v) is 4.67. The van der Waals surface area contributed by atoms with Crippen LogP contribution in [0.15, 0.2) is 12.1 Å². The van der Waals surface area contributed by atoms with Crippen molar-refractivity contribution in [2.24, 2.45) is 0 Å². The Balaban J connectivity index is 2.19. The van der Waals surface area contributed by atoms with Crippen molar-refractivity contribution < 1.29 is 18.3 Å². The monoisotopic (exact) mass is 315 g/mol. The summed E-state index contributed by atoms with van der Waals surface area (Å²) < 4.78 is 24.6. The van der Waals surface area contributed by atoms with Gasteiger partial charge in [-0.3, -0.25) is 19.1 Å². The first-order chi connectivity index (χ1) is 9.88. The number of nitro benzene ring substituents is 1. The molecular formula is C12H14FN3O4S. The van der Waals surface area contributed by atoms with Crippen LogP contribution in [0.3, 0.4) is 0 Å². The maximum atomic E-state index is 13.4. The second-order valence-electron chi connectivity index (χ2n) is 4.74. The molecule has 1 heterocycles. The van der Waals surface area contributed by atoms with E-state index >= 15 is 0 Å². The third kappa shape index (κ3) is 3.54. The molecule has 1 amide bonds. The van der Waals surface area contributed by atoms with E-state index in [0.29, 0.717) is 30.4 Å². The molecule has 1 aromatic carbocycles. The van der Waals surface area contributed by atoms with Crippen molar-refractivity contribution in [1.29, 1.82) is 0 Å². The van der Waals surface area contributed by atoms with E-state index in [1.165, 1.54) is 0 Å². The Labute approximate surface area is 122 Å². The van der Waals surface area contributed by atoms with E-state index in [4.69, 9.17) is 5.73 Å². The summed E-state index contributed by atoms with van der Waals surface area (Å²) >= 11 is 0. The summed E-state index contributed by atoms with van der Waals surface area (Å²) in [6.07, 6.45) is 1.10. The van der Waals surface area contributed by atoms with Gasteiger partial charge in [0.1, 0.15) is 11.5 Å². The van der Waals surface area contributed by atoms with Gasteiger partial charge in [-0.25, -0.2) is 4.39 Å². The molecule has 0 bridgehead atoms. The first-order valence-electron chi connectivity index (χ1n) is 6.27. The fourth-order valence-electron chi connectivity index (χ4n) is 2.14. The lowest BCUT2D eigenvalue weighted by Crippen LogP contribution is -2.39. The first kappa shape index (κ1) is 15.4. The van der Waals surface area contributed by atoms with E-state index in [1.807, 2.05) is 0 Å². The van der Waals surface area contributed by atoms with Gasteiger partial charge in [-0.15, -0.1) is 0 Å². The second kappa shape index (κ2) is 6.17. The van der Waals surface area contributed by atoms with Gasteiger partial charge in [0, 0.05) is 28.3 Å². The van der Waals surface area contributed by atoms with Crippen LogP contribution >= 0.6 is 0 Å². The zero-order valence-electron chi connectivity index (χ0n) is 11.0. The molecule has 114 valence electrons. The number of carbonyl (C=O) groups excluding carboxylic acids is 1. The molecule has 7 nitrogen and oxygen atoms in total. The maximum absolute atomic E-state index is 13.4. The summed E-state index contributed by atoms with van der Waals surface area (Å²) in [4.78, 5) is 22.0. The number of anilines is 1. The summed E-state index contributed by atoms with van der Waals surface area (Å²) in [6.45, 7) is 0. The van der Waals surface area contributed by atoms with E-state index < -0.39 is 33.1 Å². The van der Waals surface area contributed by atoms with Gasteiger partial charge < -0.3 is 11.1 Å². The topological polar surface area (TPSA) is 115 Å². The minimum atomic E-state index is -0.897. The highest BCUT2D eigenvalue weighted by molar-refractivity contribution is 7.85. The zero-order chi connectivity index (χ0) is 15.6. The Hall–Kier alpha value is -2.03. The summed E-state index contributed by atoms with van der Waals surface area (Å²) in [6, 6.07) is 1.37. The number of nitrogens with one attached hydrogen (secondary N) is 1. The van der Waals surface area contributed by atoms with E-state index in [0.717, 1.165) is 6.07 Å². The number of amides is 1. The highest BCUT2D eigenvalue weighted by Crippen LogP contribution is 2.27. The van der Waals surface area contributed by atoms with Crippen molar-refractivity contribution in [2.45, 2.75) is 18.9 Å². The molecule has 9 heteroatoms. The van der Waals surface area contributed by atoms with E-state index in [-0.39, 0.29) is 17.3 Å². The van der Waals surface area contributed by atoms with Crippen molar-refractivity contribution in [3.63, 3.8) is 0 Å². The zero-order valence-corrected chi connectivity index (χ0v) is 11.8. The molecule has 0 radical (unpaired) electrons. The number of hydrogen-bond acceptors (Lipinski definition) is 5. The molecule has 1 saturated heterocycles. The van der Waals surface area contributed by atoms with Gasteiger partial charge in [-0.1, -0.05) is 0 Å². The molecule has 21 heavy (non-hydrogen) atoms. The van der Waals surface area contributed by atoms with Gasteiger partial charge in [0.25, 0.3) is 11.6 Å². The lowest BCUT2D eigenvalue weighted by Gasteiger charge is -2.22. The van der Waals surface area contributed by atoms with Crippen LogP contribution in [-0.4, -0.2) is 32.6 Å². The molecule has 3 N–H and O–H groups in total. The third-order valence-electron chi connectivity index (χ3n) is 3.29. The molecule has 1 aliphatic rings. The normalized spacial score (nSPS) is 21.8. The minimum absolute atomic E-state index is 0.183. The van der Waals surface area contributed by atoms with Crippen LogP contribution < -0.4 is 11.1 Å². The average molecular weight is 315 g/mol. The Morgan fingerprint density at radius 2 is 2.05 bits per heavy atom. The number of halogens is 1. The SMILES string of the molecule is Nc1c(C(=O)NC2CCS(=O)CC2)cc(F)cc1[N+](=O)[O-]. The van der Waals surface area contributed by atoms with E-state index in [1.54, 1.807) is 0 Å². The molecule has 0 atom stereocenters. The van der Waals surface area contributed by atoms with Crippen LogP contribution in [0.4, 0.5) is 15.8 Å². The molecule has 0 aromatic heterocycles. The van der Waals surface area contributed by atoms with Crippen LogP contribution in [0.5, 0.6) is 0 Å². The quantitative estimate of drug-likeness (QED) is 0.489. The smallest absolute Gasteiger partial charge is 0.295 e. The number of hydrogen-bond donors (Lipinski definition) is 2. The van der Waals surface area contributed by atoms with Crippen LogP contribution in [-0.2, 0) is 10.8 Å². The number of rotatable bonds is 3. The summed E-state index contributed by atoms with van der Waals surface area (Å²) in [5.41, 5.74) is 4.31. The molecule has 0 unspecified atom stereocenters. The van der Waals surface area contributed by atoms with Crippen LogP contribution in [0.25, 0.3) is 0 Å². The van der Waals surface area contributed by atoms with Crippen LogP contribution in [0.1, 0.15) is 23.2 Å². The van der Waals surface area contributed by atoms with Gasteiger partial charge in [-0.2, -0.15) is 0 Å². The highest BCUT2D eigenvalue weighted by Gasteiger charge is 2.25. The molecule has 0 spiro atoms. The average Bonchev–Trinajstić information content (AvgIpc) is 2.43. The molecule has 1 aromatic rings. The predicted molar refractivity (Wildman–Crippen MR) is 75.8 cm³/mol. The highest BCUT2D eigenvalue weighted by atomic mass is 32.2. The standard InChI is InChI=1S/C12H14FN3O4S/c13-7-5-9(11(14)10(6-7)16(18)19)12(17)15-8-1-3-21(20)4-2-8/h5-6,8H,1-4,14H2,(H,15,17). The van der Waals surface area contributed by atoms with Gasteiger partial charge in [0.15, 0.2) is 0 Å². The van der Waals surface area contributed by atoms with Gasteiger partial charge in [0.2, 0.25) is 0 Å². The maximum Gasteiger partial charge on any atom is 0.295 e. The van der Waals surface area contributed by atoms with Crippen molar-refractivity contribution >= 4 is 28.1 Å². The predicted octanol–water partition coefficient (Wildman–Crippen LogP) is 0.957. The van der Waals surface area contributed by atoms with Gasteiger partial charge in [-0.05, 0) is 18.9 Å². The summed E-state index contributed by atoms with van der Waals surface area (Å²) in [5, 5.41) is 13.4. The Bertz CT molecular complexity index is 613. The Kier molecular flexibility index (Phi) is 4.51. The Morgan fingerprint density at radius 3 is 2.62 bits per heavy atom. The van der Waals surface area contributed by atoms with E-state index in [9.17, 15) is 23.5 Å². The summed E-state index contributed by atoms with van der Waals surface area (Å²) in [7, 11) is -0.863. The minimum Gasteiger partial charge on any atom is -0.393 e. The Morgan fingerprint density at radius 1 is 1.43 bits per heavy atom. The van der Waals surface area contributed by atoms with Crippen molar-refractivity contribution in [2.75, 3.05) is 17.2 Å². The number of benzene rings is 1. The van der Waals surface area contributed by atoms with Crippen molar-refractivity contribution in [3.8, 4) is 0 Å². The number of nitrogens with zero attached hydrogens (tertiary/aromatic N) is 1. The number of nitrogens with two attached hydrogens (primary N) is 1. The molecule has 1 aliphatic heterocycles. The van der Waals surface area contributed by atoms with Crippen molar-refractivity contribution in [1.82, 2.24) is 5.32 Å². The molecular weight excluding hydrogens is 301 g/mol. The van der Waals surface area contributed by atoms with E-state index in [2.05, 4.69) is 5.32 Å². The number of carbonyl (C=O) groups is 1. The van der Waals surface area contributed by atoms with Gasteiger partial charge >= 0.3 is 0 Å². The van der Waals surface area contributed by atoms with Crippen LogP contribution in [0.2, 0.25) is 0 Å². The largest absolute Gasteiger partial charge is 0.393 e. The molecule has 0 aliphatic carbocycles. The van der Waals surface area contributed by atoms with Gasteiger partial charge in [0.05, 0.1) is 16.6 Å². The fraction of sp³-hybridized carbons (Fsp3) is 0.417. The van der Waals surface area contributed by atoms with Crippen molar-refractivity contribution in [3.05, 3.63) is 33.6 Å². The lowest BCUT2D eigenvalue weighted by atomic mass is 10.1. The lowest BCUT2D eigenvalue weighted by molar-refractivity contribution is -0.384. The summed E-state index contributed by atoms with van der Waals surface area (Å²) in [5.74, 6) is -0.577. The number of nitro groups is 1. The molecule has 0 saturated carbocycles.